The van der Waals surface area contributed by atoms with Crippen molar-refractivity contribution in [3.63, 3.8) is 0 Å². The van der Waals surface area contributed by atoms with Crippen molar-refractivity contribution >= 4 is 17.0 Å². The molecular formula is C24H25ClFN6S-. The van der Waals surface area contributed by atoms with Crippen molar-refractivity contribution in [2.24, 2.45) is 0 Å². The van der Waals surface area contributed by atoms with Gasteiger partial charge in [0, 0.05) is 37.6 Å². The van der Waals surface area contributed by atoms with Gasteiger partial charge >= 0.3 is 0 Å². The van der Waals surface area contributed by atoms with Crippen molar-refractivity contribution in [2.75, 3.05) is 31.1 Å². The molecule has 3 heterocycles. The lowest BCUT2D eigenvalue weighted by molar-refractivity contribution is -0.00000702. The van der Waals surface area contributed by atoms with Gasteiger partial charge < -0.3 is 17.3 Å². The molecule has 0 N–H and O–H groups in total. The summed E-state index contributed by atoms with van der Waals surface area (Å²) >= 11 is 1.72. The van der Waals surface area contributed by atoms with E-state index in [9.17, 15) is 4.39 Å². The highest BCUT2D eigenvalue weighted by Crippen LogP contribution is 2.32. The Balaban J connectivity index is 0.00000259. The van der Waals surface area contributed by atoms with Crippen molar-refractivity contribution in [3.8, 4) is 0 Å². The molecule has 1 aliphatic rings. The fourth-order valence-electron chi connectivity index (χ4n) is 4.29. The Morgan fingerprint density at radius 2 is 1.67 bits per heavy atom. The summed E-state index contributed by atoms with van der Waals surface area (Å²) in [5.74, 6) is 0.698. The molecule has 0 aliphatic carbocycles. The van der Waals surface area contributed by atoms with E-state index >= 15 is 0 Å². The maximum Gasteiger partial charge on any atom is 0.173 e. The van der Waals surface area contributed by atoms with Crippen LogP contribution >= 0.6 is 11.3 Å². The number of halogens is 2. The summed E-state index contributed by atoms with van der Waals surface area (Å²) in [7, 11) is 0. The zero-order valence-corrected chi connectivity index (χ0v) is 19.7. The maximum absolute atomic E-state index is 14.3. The average molecular weight is 484 g/mol. The highest BCUT2D eigenvalue weighted by Gasteiger charge is 2.31. The summed E-state index contributed by atoms with van der Waals surface area (Å²) in [5.41, 5.74) is 1.94. The van der Waals surface area contributed by atoms with Gasteiger partial charge in [-0.3, -0.25) is 4.90 Å². The molecule has 0 radical (unpaired) electrons. The number of benzene rings is 2. The van der Waals surface area contributed by atoms with Gasteiger partial charge in [-0.15, -0.1) is 16.4 Å². The summed E-state index contributed by atoms with van der Waals surface area (Å²) in [6.07, 6.45) is 0.872. The number of nitrogens with zero attached hydrogens (tertiary/aromatic N) is 6. The molecular weight excluding hydrogens is 459 g/mol. The molecule has 33 heavy (non-hydrogen) atoms. The molecule has 1 atom stereocenters. The van der Waals surface area contributed by atoms with Crippen molar-refractivity contribution in [1.82, 2.24) is 25.1 Å². The van der Waals surface area contributed by atoms with Gasteiger partial charge in [0.2, 0.25) is 0 Å². The number of tetrazole rings is 1. The minimum atomic E-state index is -0.166. The number of aromatic nitrogens is 4. The highest BCUT2D eigenvalue weighted by atomic mass is 35.5. The summed E-state index contributed by atoms with van der Waals surface area (Å²) in [6, 6.07) is 21.6. The van der Waals surface area contributed by atoms with Crippen LogP contribution < -0.4 is 17.3 Å². The van der Waals surface area contributed by atoms with E-state index in [4.69, 9.17) is 0 Å². The first kappa shape index (κ1) is 23.4. The molecule has 0 bridgehead atoms. The predicted molar refractivity (Wildman–Crippen MR) is 124 cm³/mol. The molecule has 172 valence electrons. The van der Waals surface area contributed by atoms with Crippen LogP contribution in [0.3, 0.4) is 0 Å². The number of thiophene rings is 1. The lowest BCUT2D eigenvalue weighted by Crippen LogP contribution is -3.00. The van der Waals surface area contributed by atoms with Crippen LogP contribution in [0.4, 0.5) is 10.1 Å². The molecule has 2 aromatic carbocycles. The van der Waals surface area contributed by atoms with Gasteiger partial charge in [-0.2, -0.15) is 0 Å². The number of hydrogen-bond donors (Lipinski definition) is 0. The van der Waals surface area contributed by atoms with Gasteiger partial charge in [-0.1, -0.05) is 48.5 Å². The average Bonchev–Trinajstić information content (AvgIpc) is 3.53. The summed E-state index contributed by atoms with van der Waals surface area (Å²) in [6.45, 7) is 3.86. The third-order valence-electron chi connectivity index (χ3n) is 5.94. The molecule has 1 saturated heterocycles. The van der Waals surface area contributed by atoms with Crippen LogP contribution in [0.25, 0.3) is 0 Å². The first-order valence-electron chi connectivity index (χ1n) is 10.9. The van der Waals surface area contributed by atoms with E-state index in [1.165, 1.54) is 16.5 Å². The Hall–Kier alpha value is -2.81. The number of para-hydroxylation sites is 1. The second-order valence-corrected chi connectivity index (χ2v) is 8.87. The highest BCUT2D eigenvalue weighted by molar-refractivity contribution is 7.10. The molecule has 4 aromatic rings. The Labute approximate surface area is 203 Å². The Morgan fingerprint density at radius 1 is 0.909 bits per heavy atom. The number of piperazine rings is 1. The number of aryl methyl sites for hydroxylation is 2. The van der Waals surface area contributed by atoms with Crippen molar-refractivity contribution < 1.29 is 16.8 Å². The third-order valence-corrected chi connectivity index (χ3v) is 6.87. The summed E-state index contributed by atoms with van der Waals surface area (Å²) in [5, 5.41) is 14.9. The second kappa shape index (κ2) is 10.9. The lowest BCUT2D eigenvalue weighted by Gasteiger charge is -2.39. The fraction of sp³-hybridized carbons (Fsp3) is 0.292. The molecule has 5 rings (SSSR count). The summed E-state index contributed by atoms with van der Waals surface area (Å²) < 4.78 is 16.2. The van der Waals surface area contributed by atoms with E-state index in [0.717, 1.165) is 45.0 Å². The zero-order chi connectivity index (χ0) is 21.8. The minimum absolute atomic E-state index is 0. The van der Waals surface area contributed by atoms with E-state index < -0.39 is 0 Å². The van der Waals surface area contributed by atoms with E-state index in [2.05, 4.69) is 67.1 Å². The van der Waals surface area contributed by atoms with Gasteiger partial charge in [-0.05, 0) is 46.0 Å². The fourth-order valence-corrected chi connectivity index (χ4v) is 5.15. The molecule has 1 unspecified atom stereocenters. The molecule has 0 spiro atoms. The number of hydrogen-bond acceptors (Lipinski definition) is 6. The summed E-state index contributed by atoms with van der Waals surface area (Å²) in [4.78, 5) is 5.75. The topological polar surface area (TPSA) is 50.1 Å². The van der Waals surface area contributed by atoms with Gasteiger partial charge in [0.1, 0.15) is 11.9 Å². The molecule has 9 heteroatoms. The van der Waals surface area contributed by atoms with Crippen molar-refractivity contribution in [2.45, 2.75) is 19.0 Å². The zero-order valence-electron chi connectivity index (χ0n) is 18.1. The van der Waals surface area contributed by atoms with Crippen LogP contribution in [-0.2, 0) is 13.0 Å². The van der Waals surface area contributed by atoms with Gasteiger partial charge in [0.05, 0.1) is 5.69 Å². The van der Waals surface area contributed by atoms with Crippen LogP contribution in [0.2, 0.25) is 0 Å². The Kier molecular flexibility index (Phi) is 7.69. The van der Waals surface area contributed by atoms with E-state index in [1.807, 2.05) is 22.9 Å². The molecule has 1 aliphatic heterocycles. The lowest BCUT2D eigenvalue weighted by atomic mass is 10.1. The standard InChI is InChI=1S/C24H25FN6S.ClH/c25-20-9-4-5-10-21(20)29-14-16-30(17-15-29)23(22-11-6-18-32-22)24-26-27-28-31(24)13-12-19-7-2-1-3-8-19;/h1-11,18,23H,12-17H2;1H/p-1. The predicted octanol–water partition coefficient (Wildman–Crippen LogP) is 1.03. The van der Waals surface area contributed by atoms with Crippen LogP contribution in [0.15, 0.2) is 72.1 Å². The first-order valence-corrected chi connectivity index (χ1v) is 11.7. The molecule has 0 saturated carbocycles. The number of rotatable bonds is 7. The van der Waals surface area contributed by atoms with Crippen LogP contribution in [0.1, 0.15) is 22.3 Å². The van der Waals surface area contributed by atoms with Crippen LogP contribution in [0, 0.1) is 5.82 Å². The normalized spacial score (nSPS) is 15.2. The number of anilines is 1. The Bertz CT molecular complexity index is 1130. The quantitative estimate of drug-likeness (QED) is 0.393. The minimum Gasteiger partial charge on any atom is -1.00 e. The maximum atomic E-state index is 14.3. The van der Waals surface area contributed by atoms with E-state index in [1.54, 1.807) is 17.4 Å². The molecule has 2 aromatic heterocycles. The molecule has 0 amide bonds. The van der Waals surface area contributed by atoms with Gasteiger partial charge in [-0.25, -0.2) is 9.07 Å². The first-order chi connectivity index (χ1) is 15.8. The largest absolute Gasteiger partial charge is 1.00 e. The Morgan fingerprint density at radius 3 is 2.39 bits per heavy atom. The van der Waals surface area contributed by atoms with Crippen molar-refractivity contribution in [3.05, 3.63) is 94.2 Å². The van der Waals surface area contributed by atoms with Gasteiger partial charge in [0.25, 0.3) is 0 Å². The van der Waals surface area contributed by atoms with Crippen molar-refractivity contribution in [1.29, 1.82) is 0 Å². The van der Waals surface area contributed by atoms with Gasteiger partial charge in [0.15, 0.2) is 5.82 Å². The smallest absolute Gasteiger partial charge is 0.173 e. The molecule has 6 nitrogen and oxygen atoms in total. The van der Waals surface area contributed by atoms with Crippen LogP contribution in [-0.4, -0.2) is 51.3 Å². The van der Waals surface area contributed by atoms with Crippen LogP contribution in [0.5, 0.6) is 0 Å². The van der Waals surface area contributed by atoms with E-state index in [0.29, 0.717) is 5.69 Å². The SMILES string of the molecule is Fc1ccccc1N1CCN(C(c2cccs2)c2nnnn2CCc2ccccc2)CC1.[Cl-]. The van der Waals surface area contributed by atoms with E-state index in [-0.39, 0.29) is 24.3 Å². The second-order valence-electron chi connectivity index (χ2n) is 7.89. The third kappa shape index (κ3) is 5.24. The molecule has 1 fully saturated rings. The monoisotopic (exact) mass is 483 g/mol.